The Morgan fingerprint density at radius 2 is 1.91 bits per heavy atom. The molecule has 0 radical (unpaired) electrons. The van der Waals surface area contributed by atoms with Crippen molar-refractivity contribution in [2.24, 2.45) is 4.40 Å². The van der Waals surface area contributed by atoms with Gasteiger partial charge in [-0.1, -0.05) is 27.6 Å². The molecule has 0 atom stereocenters. The second-order valence-electron chi connectivity index (χ2n) is 1.43. The van der Waals surface area contributed by atoms with Gasteiger partial charge in [0, 0.05) is 0 Å². The fraction of sp³-hybridized carbons (Fsp3) is 0.667. The van der Waals surface area contributed by atoms with E-state index in [2.05, 4.69) is 4.40 Å². The molecule has 0 fully saturated rings. The normalized spacial score (nSPS) is 12.3. The number of nitrogens with zero attached hydrogens (tertiary/aromatic N) is 1. The van der Waals surface area contributed by atoms with Crippen LogP contribution in [0.2, 0.25) is 0 Å². The summed E-state index contributed by atoms with van der Waals surface area (Å²) in [5, 5.41) is 0. The summed E-state index contributed by atoms with van der Waals surface area (Å²) in [6.07, 6.45) is 0.808. The van der Waals surface area contributed by atoms with Crippen LogP contribution in [0.4, 0.5) is 0 Å². The fourth-order valence-electron chi connectivity index (χ4n) is 0.185. The smallest absolute Gasteiger partial charge is 0.210 e. The van der Waals surface area contributed by atoms with E-state index in [0.717, 1.165) is 6.08 Å². The third-order valence-corrected chi connectivity index (χ3v) is 4.17. The van der Waals surface area contributed by atoms with Crippen LogP contribution < -0.4 is 0 Å². The Balaban J connectivity index is 5.00. The molecule has 0 aliphatic heterocycles. The highest BCUT2D eigenvalue weighted by molar-refractivity contribution is 7.94. The van der Waals surface area contributed by atoms with Crippen molar-refractivity contribution in [1.82, 2.24) is 0 Å². The molecule has 11 heavy (non-hydrogen) atoms. The Kier molecular flexibility index (Phi) is 3.80. The van der Waals surface area contributed by atoms with Gasteiger partial charge in [0.15, 0.2) is 0 Å². The average molecular weight is 238 g/mol. The maximum absolute atomic E-state index is 10.7. The second kappa shape index (κ2) is 3.74. The van der Waals surface area contributed by atoms with Crippen LogP contribution in [-0.2, 0) is 14.8 Å². The van der Waals surface area contributed by atoms with Crippen molar-refractivity contribution >= 4 is 50.9 Å². The summed E-state index contributed by atoms with van der Waals surface area (Å²) in [6.45, 7) is 0. The Morgan fingerprint density at radius 1 is 1.45 bits per heavy atom. The lowest BCUT2D eigenvalue weighted by molar-refractivity contribution is 0.563. The lowest BCUT2D eigenvalue weighted by atomic mass is 10.9. The van der Waals surface area contributed by atoms with Gasteiger partial charge >= 0.3 is 0 Å². The van der Waals surface area contributed by atoms with Gasteiger partial charge in [0.05, 0.1) is 5.88 Å². The lowest BCUT2D eigenvalue weighted by Gasteiger charge is -2.10. The molecule has 0 aromatic rings. The SMILES string of the molecule is O=C=NS(=O)(=O)C(Cl)(Cl)CCl. The number of hydrogen-bond donors (Lipinski definition) is 0. The molecule has 0 aromatic heterocycles. The van der Waals surface area contributed by atoms with Crippen molar-refractivity contribution in [2.45, 2.75) is 3.67 Å². The largest absolute Gasteiger partial charge is 0.298 e. The molecule has 64 valence electrons. The van der Waals surface area contributed by atoms with Crippen LogP contribution in [-0.4, -0.2) is 24.0 Å². The van der Waals surface area contributed by atoms with Crippen LogP contribution in [0, 0.1) is 0 Å². The number of carbonyl (C=O) groups excluding carboxylic acids is 1. The minimum atomic E-state index is -4.26. The molecule has 0 aliphatic carbocycles. The molecule has 0 aliphatic rings. The summed E-state index contributed by atoms with van der Waals surface area (Å²) in [4.78, 5) is 9.55. The highest BCUT2D eigenvalue weighted by atomic mass is 35.5. The van der Waals surface area contributed by atoms with Gasteiger partial charge in [0.2, 0.25) is 0 Å². The molecular weight excluding hydrogens is 236 g/mol. The molecule has 0 amide bonds. The molecule has 0 spiro atoms. The Bertz CT molecular complexity index is 278. The first-order chi connectivity index (χ1) is 4.87. The van der Waals surface area contributed by atoms with Crippen LogP contribution in [0.1, 0.15) is 0 Å². The van der Waals surface area contributed by atoms with Crippen molar-refractivity contribution < 1.29 is 13.2 Å². The van der Waals surface area contributed by atoms with E-state index >= 15 is 0 Å². The predicted octanol–water partition coefficient (Wildman–Crippen LogP) is 1.02. The highest BCUT2D eigenvalue weighted by Crippen LogP contribution is 2.30. The predicted molar refractivity (Wildman–Crippen MR) is 42.2 cm³/mol. The molecule has 4 nitrogen and oxygen atoms in total. The summed E-state index contributed by atoms with van der Waals surface area (Å²) < 4.78 is 21.6. The van der Waals surface area contributed by atoms with Gasteiger partial charge in [-0.25, -0.2) is 13.2 Å². The number of isocyanates is 1. The second-order valence-corrected chi connectivity index (χ2v) is 5.46. The Hall–Kier alpha value is 0.200. The van der Waals surface area contributed by atoms with Gasteiger partial charge in [0.1, 0.15) is 0 Å². The third-order valence-electron chi connectivity index (χ3n) is 0.690. The first-order valence-corrected chi connectivity index (χ1v) is 4.88. The van der Waals surface area contributed by atoms with Crippen molar-refractivity contribution in [3.63, 3.8) is 0 Å². The molecule has 0 heterocycles. The molecule has 0 bridgehead atoms. The fourth-order valence-corrected chi connectivity index (χ4v) is 1.18. The van der Waals surface area contributed by atoms with Gasteiger partial charge in [-0.15, -0.1) is 11.6 Å². The Labute approximate surface area is 78.2 Å². The summed E-state index contributed by atoms with van der Waals surface area (Å²) in [5.74, 6) is -0.580. The van der Waals surface area contributed by atoms with E-state index < -0.39 is 19.6 Å². The van der Waals surface area contributed by atoms with E-state index in [9.17, 15) is 13.2 Å². The summed E-state index contributed by atoms with van der Waals surface area (Å²) in [7, 11) is -4.26. The quantitative estimate of drug-likeness (QED) is 0.419. The first kappa shape index (κ1) is 11.2. The van der Waals surface area contributed by atoms with E-state index in [1.807, 2.05) is 0 Å². The van der Waals surface area contributed by atoms with Gasteiger partial charge < -0.3 is 0 Å². The zero-order chi connectivity index (χ0) is 9.12. The number of halogens is 3. The van der Waals surface area contributed by atoms with E-state index in [4.69, 9.17) is 34.8 Å². The maximum atomic E-state index is 10.7. The van der Waals surface area contributed by atoms with Crippen LogP contribution in [0.5, 0.6) is 0 Å². The summed E-state index contributed by atoms with van der Waals surface area (Å²) >= 11 is 15.4. The number of alkyl halides is 3. The topological polar surface area (TPSA) is 63.6 Å². The van der Waals surface area contributed by atoms with E-state index in [-0.39, 0.29) is 0 Å². The van der Waals surface area contributed by atoms with Crippen LogP contribution in [0.25, 0.3) is 0 Å². The van der Waals surface area contributed by atoms with Crippen molar-refractivity contribution in [2.75, 3.05) is 5.88 Å². The molecule has 0 unspecified atom stereocenters. The standard InChI is InChI=1S/C3H2Cl3NO3S/c4-1-3(5,6)11(9,10)7-2-8/h1H2. The Morgan fingerprint density at radius 3 is 2.18 bits per heavy atom. The third kappa shape index (κ3) is 2.61. The van der Waals surface area contributed by atoms with Gasteiger partial charge in [-0.2, -0.15) is 0 Å². The summed E-state index contributed by atoms with van der Waals surface area (Å²) in [5.41, 5.74) is 0. The molecular formula is C3H2Cl3NO3S. The minimum absolute atomic E-state index is 0.580. The number of sulfonamides is 1. The molecule has 0 N–H and O–H groups in total. The van der Waals surface area contributed by atoms with E-state index in [1.54, 1.807) is 0 Å². The maximum Gasteiger partial charge on any atom is 0.298 e. The highest BCUT2D eigenvalue weighted by Gasteiger charge is 2.39. The van der Waals surface area contributed by atoms with Crippen LogP contribution in [0.3, 0.4) is 0 Å². The molecule has 0 aromatic carbocycles. The molecule has 0 saturated heterocycles. The molecule has 0 rings (SSSR count). The van der Waals surface area contributed by atoms with Crippen LogP contribution >= 0.6 is 34.8 Å². The van der Waals surface area contributed by atoms with Crippen molar-refractivity contribution in [1.29, 1.82) is 0 Å². The van der Waals surface area contributed by atoms with Crippen LogP contribution in [0.15, 0.2) is 4.40 Å². The number of rotatable bonds is 3. The molecule has 8 heteroatoms. The van der Waals surface area contributed by atoms with Gasteiger partial charge in [-0.3, -0.25) is 0 Å². The number of hydrogen-bond acceptors (Lipinski definition) is 3. The first-order valence-electron chi connectivity index (χ1n) is 2.15. The lowest BCUT2D eigenvalue weighted by Crippen LogP contribution is -2.25. The average Bonchev–Trinajstić information content (AvgIpc) is 1.87. The minimum Gasteiger partial charge on any atom is -0.210 e. The molecule has 0 saturated carbocycles. The van der Waals surface area contributed by atoms with Crippen molar-refractivity contribution in [3.8, 4) is 0 Å². The zero-order valence-corrected chi connectivity index (χ0v) is 8.01. The van der Waals surface area contributed by atoms with E-state index in [0.29, 0.717) is 0 Å². The monoisotopic (exact) mass is 237 g/mol. The van der Waals surface area contributed by atoms with E-state index in [1.165, 1.54) is 0 Å². The van der Waals surface area contributed by atoms with Crippen molar-refractivity contribution in [3.05, 3.63) is 0 Å². The summed E-state index contributed by atoms with van der Waals surface area (Å²) in [6, 6.07) is 0. The zero-order valence-electron chi connectivity index (χ0n) is 4.92. The van der Waals surface area contributed by atoms with Gasteiger partial charge in [0.25, 0.3) is 19.8 Å². The van der Waals surface area contributed by atoms with Gasteiger partial charge in [-0.05, 0) is 0 Å².